The molecule has 0 fully saturated rings. The van der Waals surface area contributed by atoms with Gasteiger partial charge in [-0.05, 0) is 19.8 Å². The van der Waals surface area contributed by atoms with Gasteiger partial charge in [0.1, 0.15) is 5.82 Å². The highest BCUT2D eigenvalue weighted by Gasteiger charge is 2.15. The molecule has 2 heterocycles. The number of nitrogens with zero attached hydrogens (tertiary/aromatic N) is 4. The number of rotatable bonds is 3. The SMILES string of the molecule is CC(C#N)CSc1nnc2n1CCCCC2. The molecule has 1 aromatic heterocycles. The third-order valence-corrected chi connectivity index (χ3v) is 3.99. The number of fused-ring (bicyclic) bond motifs is 1. The summed E-state index contributed by atoms with van der Waals surface area (Å²) in [6.07, 6.45) is 4.76. The quantitative estimate of drug-likeness (QED) is 0.755. The molecule has 86 valence electrons. The number of aryl methyl sites for hydroxylation is 1. The molecular weight excluding hydrogens is 220 g/mol. The molecule has 1 aliphatic rings. The molecular formula is C11H16N4S. The molecule has 16 heavy (non-hydrogen) atoms. The van der Waals surface area contributed by atoms with Gasteiger partial charge in [0.15, 0.2) is 5.16 Å². The molecule has 1 aliphatic heterocycles. The minimum absolute atomic E-state index is 0.0729. The third-order valence-electron chi connectivity index (χ3n) is 2.76. The molecule has 1 aromatic rings. The molecule has 0 aromatic carbocycles. The number of nitriles is 1. The fraction of sp³-hybridized carbons (Fsp3) is 0.727. The zero-order chi connectivity index (χ0) is 11.4. The van der Waals surface area contributed by atoms with Crippen LogP contribution in [0, 0.1) is 17.2 Å². The van der Waals surface area contributed by atoms with Crippen molar-refractivity contribution in [3.05, 3.63) is 5.82 Å². The first kappa shape index (κ1) is 11.5. The Kier molecular flexibility index (Phi) is 3.83. The Labute approximate surface area is 100 Å². The molecule has 0 radical (unpaired) electrons. The van der Waals surface area contributed by atoms with Gasteiger partial charge in [0.05, 0.1) is 12.0 Å². The normalized spacial score (nSPS) is 17.2. The van der Waals surface area contributed by atoms with Gasteiger partial charge in [-0.1, -0.05) is 18.2 Å². The van der Waals surface area contributed by atoms with Crippen molar-refractivity contribution in [2.45, 2.75) is 44.3 Å². The lowest BCUT2D eigenvalue weighted by Crippen LogP contribution is -2.03. The Morgan fingerprint density at radius 1 is 1.44 bits per heavy atom. The topological polar surface area (TPSA) is 54.5 Å². The minimum Gasteiger partial charge on any atom is -0.306 e. The van der Waals surface area contributed by atoms with Crippen LogP contribution in [0.4, 0.5) is 0 Å². The van der Waals surface area contributed by atoms with Gasteiger partial charge in [0.2, 0.25) is 0 Å². The van der Waals surface area contributed by atoms with Gasteiger partial charge in [-0.2, -0.15) is 5.26 Å². The zero-order valence-electron chi connectivity index (χ0n) is 9.52. The van der Waals surface area contributed by atoms with Gasteiger partial charge in [0, 0.05) is 18.7 Å². The zero-order valence-corrected chi connectivity index (χ0v) is 10.3. The highest BCUT2D eigenvalue weighted by molar-refractivity contribution is 7.99. The molecule has 1 atom stereocenters. The van der Waals surface area contributed by atoms with Crippen molar-refractivity contribution in [2.75, 3.05) is 5.75 Å². The first-order valence-electron chi connectivity index (χ1n) is 5.75. The fourth-order valence-corrected chi connectivity index (χ4v) is 2.73. The smallest absolute Gasteiger partial charge is 0.191 e. The van der Waals surface area contributed by atoms with Crippen LogP contribution in [0.5, 0.6) is 0 Å². The van der Waals surface area contributed by atoms with E-state index >= 15 is 0 Å². The van der Waals surface area contributed by atoms with Crippen molar-refractivity contribution < 1.29 is 0 Å². The Morgan fingerprint density at radius 2 is 2.31 bits per heavy atom. The lowest BCUT2D eigenvalue weighted by molar-refractivity contribution is 0.590. The number of thioether (sulfide) groups is 1. The second-order valence-corrected chi connectivity index (χ2v) is 5.19. The lowest BCUT2D eigenvalue weighted by Gasteiger charge is -2.06. The highest BCUT2D eigenvalue weighted by Crippen LogP contribution is 2.23. The van der Waals surface area contributed by atoms with E-state index in [4.69, 9.17) is 5.26 Å². The van der Waals surface area contributed by atoms with Gasteiger partial charge in [0.25, 0.3) is 0 Å². The van der Waals surface area contributed by atoms with Crippen LogP contribution in [0.25, 0.3) is 0 Å². The maximum absolute atomic E-state index is 8.74. The summed E-state index contributed by atoms with van der Waals surface area (Å²) in [4.78, 5) is 0. The molecule has 0 aliphatic carbocycles. The van der Waals surface area contributed by atoms with Crippen LogP contribution >= 0.6 is 11.8 Å². The number of hydrogen-bond acceptors (Lipinski definition) is 4. The number of hydrogen-bond donors (Lipinski definition) is 0. The van der Waals surface area contributed by atoms with Crippen molar-refractivity contribution in [3.8, 4) is 6.07 Å². The average Bonchev–Trinajstić information content (AvgIpc) is 2.54. The molecule has 2 rings (SSSR count). The molecule has 0 saturated carbocycles. The molecule has 0 spiro atoms. The van der Waals surface area contributed by atoms with Gasteiger partial charge >= 0.3 is 0 Å². The molecule has 0 N–H and O–H groups in total. The van der Waals surface area contributed by atoms with E-state index in [9.17, 15) is 0 Å². The first-order chi connectivity index (χ1) is 7.81. The van der Waals surface area contributed by atoms with Gasteiger partial charge in [-0.3, -0.25) is 0 Å². The van der Waals surface area contributed by atoms with Gasteiger partial charge in [-0.25, -0.2) is 0 Å². The van der Waals surface area contributed by atoms with Crippen molar-refractivity contribution in [1.29, 1.82) is 5.26 Å². The standard InChI is InChI=1S/C11H16N4S/c1-9(7-12)8-16-11-14-13-10-5-3-2-4-6-15(10)11/h9H,2-6,8H2,1H3. The minimum atomic E-state index is 0.0729. The summed E-state index contributed by atoms with van der Waals surface area (Å²) in [6, 6.07) is 2.24. The maximum atomic E-state index is 8.74. The highest BCUT2D eigenvalue weighted by atomic mass is 32.2. The van der Waals surface area contributed by atoms with Crippen LogP contribution < -0.4 is 0 Å². The maximum Gasteiger partial charge on any atom is 0.191 e. The van der Waals surface area contributed by atoms with E-state index in [1.54, 1.807) is 11.8 Å². The van der Waals surface area contributed by atoms with Crippen molar-refractivity contribution in [1.82, 2.24) is 14.8 Å². The lowest BCUT2D eigenvalue weighted by atomic mass is 10.2. The predicted molar refractivity (Wildman–Crippen MR) is 63.1 cm³/mol. The summed E-state index contributed by atoms with van der Waals surface area (Å²) >= 11 is 1.65. The van der Waals surface area contributed by atoms with E-state index < -0.39 is 0 Å². The molecule has 0 saturated heterocycles. The Bertz CT molecular complexity index is 393. The summed E-state index contributed by atoms with van der Waals surface area (Å²) in [5, 5.41) is 18.2. The van der Waals surface area contributed by atoms with Crippen LogP contribution in [-0.4, -0.2) is 20.5 Å². The second-order valence-electron chi connectivity index (χ2n) is 4.20. The monoisotopic (exact) mass is 236 g/mol. The van der Waals surface area contributed by atoms with Crippen LogP contribution in [0.3, 0.4) is 0 Å². The van der Waals surface area contributed by atoms with Crippen molar-refractivity contribution in [2.24, 2.45) is 5.92 Å². The summed E-state index contributed by atoms with van der Waals surface area (Å²) in [7, 11) is 0. The van der Waals surface area contributed by atoms with Gasteiger partial charge < -0.3 is 4.57 Å². The predicted octanol–water partition coefficient (Wildman–Crippen LogP) is 2.26. The van der Waals surface area contributed by atoms with E-state index in [0.29, 0.717) is 0 Å². The number of aromatic nitrogens is 3. The first-order valence-corrected chi connectivity index (χ1v) is 6.74. The second kappa shape index (κ2) is 5.35. The van der Waals surface area contributed by atoms with E-state index in [2.05, 4.69) is 20.8 Å². The summed E-state index contributed by atoms with van der Waals surface area (Å²) < 4.78 is 2.22. The summed E-state index contributed by atoms with van der Waals surface area (Å²) in [5.41, 5.74) is 0. The van der Waals surface area contributed by atoms with Crippen LogP contribution in [0.1, 0.15) is 32.0 Å². The third kappa shape index (κ3) is 2.56. The van der Waals surface area contributed by atoms with Crippen LogP contribution in [0.2, 0.25) is 0 Å². The average molecular weight is 236 g/mol. The fourth-order valence-electron chi connectivity index (χ4n) is 1.80. The molecule has 0 amide bonds. The molecule has 4 nitrogen and oxygen atoms in total. The Hall–Kier alpha value is -1.02. The van der Waals surface area contributed by atoms with Crippen LogP contribution in [-0.2, 0) is 13.0 Å². The van der Waals surface area contributed by atoms with E-state index in [-0.39, 0.29) is 5.92 Å². The Balaban J connectivity index is 2.05. The van der Waals surface area contributed by atoms with E-state index in [1.807, 2.05) is 6.92 Å². The Morgan fingerprint density at radius 3 is 3.12 bits per heavy atom. The summed E-state index contributed by atoms with van der Waals surface area (Å²) in [6.45, 7) is 2.97. The van der Waals surface area contributed by atoms with E-state index in [1.165, 1.54) is 19.3 Å². The molecule has 5 heteroatoms. The largest absolute Gasteiger partial charge is 0.306 e. The molecule has 0 bridgehead atoms. The van der Waals surface area contributed by atoms with E-state index in [0.717, 1.165) is 29.7 Å². The van der Waals surface area contributed by atoms with Gasteiger partial charge in [-0.15, -0.1) is 10.2 Å². The van der Waals surface area contributed by atoms with Crippen LogP contribution in [0.15, 0.2) is 5.16 Å². The molecule has 1 unspecified atom stereocenters. The summed E-state index contributed by atoms with van der Waals surface area (Å²) in [5.74, 6) is 1.99. The van der Waals surface area contributed by atoms with Crippen molar-refractivity contribution >= 4 is 11.8 Å². The van der Waals surface area contributed by atoms with Crippen molar-refractivity contribution in [3.63, 3.8) is 0 Å².